The van der Waals surface area contributed by atoms with Crippen molar-refractivity contribution in [2.24, 2.45) is 0 Å². The number of rotatable bonds is 1. The summed E-state index contributed by atoms with van der Waals surface area (Å²) in [6.45, 7) is 4.66. The van der Waals surface area contributed by atoms with Crippen LogP contribution in [0.3, 0.4) is 0 Å². The maximum absolute atomic E-state index is 12.7. The Morgan fingerprint density at radius 1 is 1.33 bits per heavy atom. The summed E-state index contributed by atoms with van der Waals surface area (Å²) in [4.78, 5) is 14.8. The molecule has 0 saturated carbocycles. The summed E-state index contributed by atoms with van der Waals surface area (Å²) in [6.07, 6.45) is -3.89. The fraction of sp³-hybridized carbons (Fsp3) is 0.455. The van der Waals surface area contributed by atoms with E-state index in [4.69, 9.17) is 10.5 Å². The van der Waals surface area contributed by atoms with Gasteiger partial charge in [0, 0.05) is 0 Å². The molecule has 1 aromatic rings. The molecule has 0 bridgehead atoms. The lowest BCUT2D eigenvalue weighted by molar-refractivity contribution is -0.141. The number of hydrogen-bond acceptors (Lipinski definition) is 4. The third-order valence-electron chi connectivity index (χ3n) is 1.80. The summed E-state index contributed by atoms with van der Waals surface area (Å²) in [5, 5.41) is 0. The summed E-state index contributed by atoms with van der Waals surface area (Å²) in [5.74, 6) is -1.10. The molecular formula is C11H13F3N2O2. The topological polar surface area (TPSA) is 65.2 Å². The van der Waals surface area contributed by atoms with E-state index in [-0.39, 0.29) is 5.69 Å². The number of halogens is 3. The first-order valence-corrected chi connectivity index (χ1v) is 5.07. The highest BCUT2D eigenvalue weighted by Crippen LogP contribution is 2.31. The van der Waals surface area contributed by atoms with E-state index in [2.05, 4.69) is 4.98 Å². The number of carbonyl (C=O) groups is 1. The van der Waals surface area contributed by atoms with Crippen molar-refractivity contribution in [2.45, 2.75) is 32.5 Å². The molecule has 0 amide bonds. The maximum atomic E-state index is 12.7. The highest BCUT2D eigenvalue weighted by molar-refractivity contribution is 5.92. The molecule has 0 unspecified atom stereocenters. The monoisotopic (exact) mass is 262 g/mol. The Labute approximate surface area is 102 Å². The Kier molecular flexibility index (Phi) is 3.54. The Morgan fingerprint density at radius 3 is 2.33 bits per heavy atom. The van der Waals surface area contributed by atoms with Gasteiger partial charge >= 0.3 is 12.1 Å². The van der Waals surface area contributed by atoms with Crippen LogP contribution in [0.4, 0.5) is 18.9 Å². The zero-order valence-electron chi connectivity index (χ0n) is 10.1. The molecule has 2 N–H and O–H groups in total. The second-order valence-corrected chi connectivity index (χ2v) is 4.66. The summed E-state index contributed by atoms with van der Waals surface area (Å²) in [7, 11) is 0. The van der Waals surface area contributed by atoms with Gasteiger partial charge in [-0.15, -0.1) is 0 Å². The van der Waals surface area contributed by atoms with Crippen molar-refractivity contribution in [3.8, 4) is 0 Å². The number of nitrogen functional groups attached to an aromatic ring is 1. The predicted molar refractivity (Wildman–Crippen MR) is 58.8 cm³/mol. The number of carbonyl (C=O) groups excluding carboxylic acids is 1. The second kappa shape index (κ2) is 4.47. The van der Waals surface area contributed by atoms with Crippen molar-refractivity contribution in [3.05, 3.63) is 23.5 Å². The molecule has 1 aromatic heterocycles. The summed E-state index contributed by atoms with van der Waals surface area (Å²) < 4.78 is 42.9. The minimum atomic E-state index is -4.74. The zero-order chi connectivity index (χ0) is 14.1. The van der Waals surface area contributed by atoms with Crippen LogP contribution in [0.15, 0.2) is 12.3 Å². The minimum absolute atomic E-state index is 0.0381. The van der Waals surface area contributed by atoms with Crippen molar-refractivity contribution < 1.29 is 22.7 Å². The summed E-state index contributed by atoms with van der Waals surface area (Å²) >= 11 is 0. The molecule has 7 heteroatoms. The lowest BCUT2D eigenvalue weighted by Gasteiger charge is -2.20. The van der Waals surface area contributed by atoms with Gasteiger partial charge in [0.1, 0.15) is 5.60 Å². The summed E-state index contributed by atoms with van der Waals surface area (Å²) in [6, 6.07) is 0.907. The number of alkyl halides is 3. The molecule has 0 aliphatic rings. The predicted octanol–water partition coefficient (Wildman–Crippen LogP) is 2.64. The Bertz CT molecular complexity index is 464. The van der Waals surface area contributed by atoms with Gasteiger partial charge in [0.05, 0.1) is 17.4 Å². The van der Waals surface area contributed by atoms with Crippen molar-refractivity contribution in [1.29, 1.82) is 0 Å². The van der Waals surface area contributed by atoms with Crippen LogP contribution in [0.25, 0.3) is 0 Å². The molecule has 0 saturated heterocycles. The van der Waals surface area contributed by atoms with Crippen LogP contribution in [0.5, 0.6) is 0 Å². The van der Waals surface area contributed by atoms with Crippen LogP contribution in [-0.2, 0) is 10.9 Å². The molecule has 18 heavy (non-hydrogen) atoms. The Balaban J connectivity index is 3.22. The molecule has 0 atom stereocenters. The van der Waals surface area contributed by atoms with E-state index in [0.29, 0.717) is 0 Å². The van der Waals surface area contributed by atoms with Crippen LogP contribution in [0.2, 0.25) is 0 Å². The standard InChI is InChI=1S/C11H13F3N2O2/c1-10(2,3)18-9(17)7-4-6(15)5-16-8(7)11(12,13)14/h4-5H,15H2,1-3H3. The fourth-order valence-electron chi connectivity index (χ4n) is 1.20. The summed E-state index contributed by atoms with van der Waals surface area (Å²) in [5.41, 5.74) is 2.42. The number of anilines is 1. The number of hydrogen-bond donors (Lipinski definition) is 1. The molecule has 1 rings (SSSR count). The lowest BCUT2D eigenvalue weighted by atomic mass is 10.1. The Hall–Kier alpha value is -1.79. The first kappa shape index (κ1) is 14.3. The van der Waals surface area contributed by atoms with Crippen LogP contribution in [0, 0.1) is 0 Å². The molecule has 100 valence electrons. The molecule has 0 aliphatic carbocycles. The molecule has 0 aromatic carbocycles. The third kappa shape index (κ3) is 3.61. The third-order valence-corrected chi connectivity index (χ3v) is 1.80. The van der Waals surface area contributed by atoms with Crippen molar-refractivity contribution in [2.75, 3.05) is 5.73 Å². The number of aromatic nitrogens is 1. The van der Waals surface area contributed by atoms with Gasteiger partial charge in [0.2, 0.25) is 0 Å². The SMILES string of the molecule is CC(C)(C)OC(=O)c1cc(N)cnc1C(F)(F)F. The van der Waals surface area contributed by atoms with Gasteiger partial charge in [-0.25, -0.2) is 9.78 Å². The molecule has 4 nitrogen and oxygen atoms in total. The molecular weight excluding hydrogens is 249 g/mol. The largest absolute Gasteiger partial charge is 0.456 e. The van der Waals surface area contributed by atoms with Gasteiger partial charge in [-0.2, -0.15) is 13.2 Å². The van der Waals surface area contributed by atoms with Crippen molar-refractivity contribution in [3.63, 3.8) is 0 Å². The van der Waals surface area contributed by atoms with Gasteiger partial charge in [0.25, 0.3) is 0 Å². The van der Waals surface area contributed by atoms with E-state index in [1.165, 1.54) is 0 Å². The van der Waals surface area contributed by atoms with E-state index in [1.54, 1.807) is 20.8 Å². The van der Waals surface area contributed by atoms with Crippen LogP contribution >= 0.6 is 0 Å². The minimum Gasteiger partial charge on any atom is -0.456 e. The van der Waals surface area contributed by atoms with Gasteiger partial charge in [-0.1, -0.05) is 0 Å². The van der Waals surface area contributed by atoms with Gasteiger partial charge < -0.3 is 10.5 Å². The number of nitrogens with zero attached hydrogens (tertiary/aromatic N) is 1. The van der Waals surface area contributed by atoms with Crippen molar-refractivity contribution >= 4 is 11.7 Å². The lowest BCUT2D eigenvalue weighted by Crippen LogP contribution is -2.26. The number of esters is 1. The fourth-order valence-corrected chi connectivity index (χ4v) is 1.20. The molecule has 1 heterocycles. The molecule has 0 spiro atoms. The quantitative estimate of drug-likeness (QED) is 0.790. The van der Waals surface area contributed by atoms with Crippen LogP contribution < -0.4 is 5.73 Å². The molecule has 0 aliphatic heterocycles. The van der Waals surface area contributed by atoms with E-state index in [9.17, 15) is 18.0 Å². The smallest absolute Gasteiger partial charge is 0.434 e. The molecule has 0 radical (unpaired) electrons. The highest BCUT2D eigenvalue weighted by Gasteiger charge is 2.38. The Morgan fingerprint density at radius 2 is 1.89 bits per heavy atom. The number of ether oxygens (including phenoxy) is 1. The average Bonchev–Trinajstić information content (AvgIpc) is 2.12. The van der Waals surface area contributed by atoms with E-state index < -0.39 is 29.0 Å². The normalized spacial score (nSPS) is 12.3. The van der Waals surface area contributed by atoms with E-state index in [1.807, 2.05) is 0 Å². The van der Waals surface area contributed by atoms with Crippen LogP contribution in [-0.4, -0.2) is 16.6 Å². The van der Waals surface area contributed by atoms with Crippen LogP contribution in [0.1, 0.15) is 36.8 Å². The van der Waals surface area contributed by atoms with E-state index in [0.717, 1.165) is 12.3 Å². The number of nitrogens with two attached hydrogens (primary N) is 1. The first-order chi connectivity index (χ1) is 8.00. The highest BCUT2D eigenvalue weighted by atomic mass is 19.4. The van der Waals surface area contributed by atoms with Crippen molar-refractivity contribution in [1.82, 2.24) is 4.98 Å². The van der Waals surface area contributed by atoms with E-state index >= 15 is 0 Å². The van der Waals surface area contributed by atoms with Gasteiger partial charge in [-0.3, -0.25) is 0 Å². The van der Waals surface area contributed by atoms with Gasteiger partial charge in [-0.05, 0) is 26.8 Å². The second-order valence-electron chi connectivity index (χ2n) is 4.66. The first-order valence-electron chi connectivity index (χ1n) is 5.07. The maximum Gasteiger partial charge on any atom is 0.434 e. The average molecular weight is 262 g/mol. The number of pyridine rings is 1. The zero-order valence-corrected chi connectivity index (χ0v) is 10.1. The molecule has 0 fully saturated rings. The van der Waals surface area contributed by atoms with Gasteiger partial charge in [0.15, 0.2) is 5.69 Å².